The van der Waals surface area contributed by atoms with E-state index in [0.29, 0.717) is 24.4 Å². The first-order chi connectivity index (χ1) is 8.09. The summed E-state index contributed by atoms with van der Waals surface area (Å²) in [4.78, 5) is 24.7. The number of likely N-dealkylation sites (tertiary alicyclic amines) is 1. The van der Waals surface area contributed by atoms with E-state index in [-0.39, 0.29) is 5.91 Å². The van der Waals surface area contributed by atoms with Crippen molar-refractivity contribution >= 4 is 11.9 Å². The SMILES string of the molecule is CC1CCN(C(=O)c2cn[nH]c2)C(C(=O)O)C1. The van der Waals surface area contributed by atoms with E-state index in [4.69, 9.17) is 5.11 Å². The Labute approximate surface area is 98.6 Å². The Morgan fingerprint density at radius 1 is 1.59 bits per heavy atom. The number of carbonyl (C=O) groups excluding carboxylic acids is 1. The van der Waals surface area contributed by atoms with Gasteiger partial charge in [-0.2, -0.15) is 5.10 Å². The van der Waals surface area contributed by atoms with E-state index in [2.05, 4.69) is 10.2 Å². The number of carboxylic acids is 1. The van der Waals surface area contributed by atoms with E-state index < -0.39 is 12.0 Å². The Morgan fingerprint density at radius 3 is 2.94 bits per heavy atom. The monoisotopic (exact) mass is 237 g/mol. The molecular weight excluding hydrogens is 222 g/mol. The second-order valence-electron chi connectivity index (χ2n) is 4.47. The third-order valence-electron chi connectivity index (χ3n) is 3.16. The van der Waals surface area contributed by atoms with Gasteiger partial charge in [-0.25, -0.2) is 4.79 Å². The number of nitrogens with zero attached hydrogens (tertiary/aromatic N) is 2. The highest BCUT2D eigenvalue weighted by Gasteiger charge is 2.35. The summed E-state index contributed by atoms with van der Waals surface area (Å²) in [6.45, 7) is 2.50. The van der Waals surface area contributed by atoms with E-state index in [1.165, 1.54) is 17.3 Å². The predicted octanol–water partition coefficient (Wildman–Crippen LogP) is 0.735. The zero-order chi connectivity index (χ0) is 12.4. The minimum atomic E-state index is -0.937. The molecule has 1 aliphatic rings. The lowest BCUT2D eigenvalue weighted by Gasteiger charge is -2.35. The van der Waals surface area contributed by atoms with Gasteiger partial charge in [-0.1, -0.05) is 6.92 Å². The van der Waals surface area contributed by atoms with Crippen molar-refractivity contribution in [2.45, 2.75) is 25.8 Å². The van der Waals surface area contributed by atoms with Crippen LogP contribution in [0.15, 0.2) is 12.4 Å². The van der Waals surface area contributed by atoms with Gasteiger partial charge in [0.05, 0.1) is 11.8 Å². The molecule has 2 atom stereocenters. The van der Waals surface area contributed by atoms with Crippen LogP contribution in [0.2, 0.25) is 0 Å². The van der Waals surface area contributed by atoms with E-state index >= 15 is 0 Å². The summed E-state index contributed by atoms with van der Waals surface area (Å²) in [6.07, 6.45) is 4.25. The van der Waals surface area contributed by atoms with Crippen molar-refractivity contribution in [1.82, 2.24) is 15.1 Å². The molecule has 1 fully saturated rings. The Kier molecular flexibility index (Phi) is 3.12. The lowest BCUT2D eigenvalue weighted by molar-refractivity contribution is -0.144. The first-order valence-electron chi connectivity index (χ1n) is 5.62. The lowest BCUT2D eigenvalue weighted by atomic mass is 9.92. The Hall–Kier alpha value is -1.85. The molecule has 2 rings (SSSR count). The number of H-pyrrole nitrogens is 1. The molecule has 0 bridgehead atoms. The quantitative estimate of drug-likeness (QED) is 0.794. The minimum absolute atomic E-state index is 0.266. The molecule has 1 saturated heterocycles. The third-order valence-corrected chi connectivity index (χ3v) is 3.16. The van der Waals surface area contributed by atoms with Gasteiger partial charge in [0.1, 0.15) is 6.04 Å². The maximum atomic E-state index is 12.1. The summed E-state index contributed by atoms with van der Waals surface area (Å²) < 4.78 is 0. The van der Waals surface area contributed by atoms with Gasteiger partial charge < -0.3 is 10.0 Å². The lowest BCUT2D eigenvalue weighted by Crippen LogP contribution is -2.49. The second kappa shape index (κ2) is 4.57. The smallest absolute Gasteiger partial charge is 0.326 e. The van der Waals surface area contributed by atoms with Gasteiger partial charge in [0.15, 0.2) is 0 Å². The van der Waals surface area contributed by atoms with Gasteiger partial charge in [-0.3, -0.25) is 9.89 Å². The van der Waals surface area contributed by atoms with Crippen LogP contribution in [0.25, 0.3) is 0 Å². The van der Waals surface area contributed by atoms with Crippen LogP contribution < -0.4 is 0 Å². The molecule has 1 aromatic rings. The van der Waals surface area contributed by atoms with Crippen molar-refractivity contribution in [3.8, 4) is 0 Å². The molecule has 2 N–H and O–H groups in total. The first kappa shape index (κ1) is 11.6. The molecule has 1 amide bonds. The van der Waals surface area contributed by atoms with Gasteiger partial charge in [0.2, 0.25) is 0 Å². The highest BCUT2D eigenvalue weighted by Crippen LogP contribution is 2.24. The summed E-state index contributed by atoms with van der Waals surface area (Å²) in [5, 5.41) is 15.4. The molecule has 6 nitrogen and oxygen atoms in total. The Morgan fingerprint density at radius 2 is 2.35 bits per heavy atom. The summed E-state index contributed by atoms with van der Waals surface area (Å²) in [5.41, 5.74) is 0.408. The standard InChI is InChI=1S/C11H15N3O3/c1-7-2-3-14(9(4-7)11(16)17)10(15)8-5-12-13-6-8/h5-7,9H,2-4H2,1H3,(H,12,13)(H,16,17). The molecule has 2 heterocycles. The van der Waals surface area contributed by atoms with Crippen molar-refractivity contribution in [2.75, 3.05) is 6.54 Å². The summed E-state index contributed by atoms with van der Waals surface area (Å²) in [6, 6.07) is -0.721. The van der Waals surface area contributed by atoms with Crippen molar-refractivity contribution < 1.29 is 14.7 Å². The summed E-state index contributed by atoms with van der Waals surface area (Å²) in [7, 11) is 0. The maximum absolute atomic E-state index is 12.1. The number of nitrogens with one attached hydrogen (secondary N) is 1. The zero-order valence-electron chi connectivity index (χ0n) is 9.59. The number of aliphatic carboxylic acids is 1. The van der Waals surface area contributed by atoms with Crippen LogP contribution in [0.3, 0.4) is 0 Å². The zero-order valence-corrected chi connectivity index (χ0v) is 9.59. The normalized spacial score (nSPS) is 24.6. The van der Waals surface area contributed by atoms with Crippen molar-refractivity contribution in [3.05, 3.63) is 18.0 Å². The first-order valence-corrected chi connectivity index (χ1v) is 5.62. The highest BCUT2D eigenvalue weighted by atomic mass is 16.4. The number of carboxylic acid groups (broad SMARTS) is 1. The molecule has 6 heteroatoms. The second-order valence-corrected chi connectivity index (χ2v) is 4.47. The van der Waals surface area contributed by atoms with Crippen LogP contribution in [0.1, 0.15) is 30.1 Å². The molecule has 0 aliphatic carbocycles. The fraction of sp³-hybridized carbons (Fsp3) is 0.545. The number of hydrogen-bond donors (Lipinski definition) is 2. The van der Waals surface area contributed by atoms with Crippen LogP contribution in [-0.4, -0.2) is 44.7 Å². The van der Waals surface area contributed by atoms with Crippen LogP contribution in [-0.2, 0) is 4.79 Å². The minimum Gasteiger partial charge on any atom is -0.480 e. The molecule has 0 saturated carbocycles. The molecular formula is C11H15N3O3. The molecule has 2 unspecified atom stereocenters. The molecule has 0 spiro atoms. The number of aromatic nitrogens is 2. The number of carbonyl (C=O) groups is 2. The number of aromatic amines is 1. The van der Waals surface area contributed by atoms with Crippen molar-refractivity contribution in [1.29, 1.82) is 0 Å². The summed E-state index contributed by atoms with van der Waals surface area (Å²) in [5.74, 6) is -0.865. The number of hydrogen-bond acceptors (Lipinski definition) is 3. The van der Waals surface area contributed by atoms with Gasteiger partial charge in [-0.15, -0.1) is 0 Å². The summed E-state index contributed by atoms with van der Waals surface area (Å²) >= 11 is 0. The van der Waals surface area contributed by atoms with Crippen molar-refractivity contribution in [3.63, 3.8) is 0 Å². The highest BCUT2D eigenvalue weighted by molar-refractivity contribution is 5.96. The fourth-order valence-electron chi connectivity index (χ4n) is 2.15. The molecule has 17 heavy (non-hydrogen) atoms. The number of piperidine rings is 1. The predicted molar refractivity (Wildman–Crippen MR) is 59.4 cm³/mol. The Balaban J connectivity index is 2.18. The third kappa shape index (κ3) is 2.30. The van der Waals surface area contributed by atoms with Gasteiger partial charge >= 0.3 is 5.97 Å². The van der Waals surface area contributed by atoms with Gasteiger partial charge in [0, 0.05) is 12.7 Å². The van der Waals surface area contributed by atoms with Gasteiger partial charge in [-0.05, 0) is 18.8 Å². The topological polar surface area (TPSA) is 86.3 Å². The van der Waals surface area contributed by atoms with Crippen LogP contribution in [0.4, 0.5) is 0 Å². The average molecular weight is 237 g/mol. The van der Waals surface area contributed by atoms with E-state index in [1.54, 1.807) is 0 Å². The molecule has 1 aliphatic heterocycles. The molecule has 0 aromatic carbocycles. The number of amides is 1. The fourth-order valence-corrected chi connectivity index (χ4v) is 2.15. The largest absolute Gasteiger partial charge is 0.480 e. The van der Waals surface area contributed by atoms with E-state index in [0.717, 1.165) is 6.42 Å². The van der Waals surface area contributed by atoms with Gasteiger partial charge in [0.25, 0.3) is 5.91 Å². The maximum Gasteiger partial charge on any atom is 0.326 e. The molecule has 1 aromatic heterocycles. The number of rotatable bonds is 2. The van der Waals surface area contributed by atoms with Crippen LogP contribution in [0, 0.1) is 5.92 Å². The van der Waals surface area contributed by atoms with E-state index in [1.807, 2.05) is 6.92 Å². The Bertz CT molecular complexity index is 416. The van der Waals surface area contributed by atoms with E-state index in [9.17, 15) is 9.59 Å². The molecule has 92 valence electrons. The molecule has 0 radical (unpaired) electrons. The van der Waals surface area contributed by atoms with Crippen LogP contribution >= 0.6 is 0 Å². The van der Waals surface area contributed by atoms with Crippen molar-refractivity contribution in [2.24, 2.45) is 5.92 Å². The average Bonchev–Trinajstić information content (AvgIpc) is 2.81. The van der Waals surface area contributed by atoms with Crippen LogP contribution in [0.5, 0.6) is 0 Å².